The van der Waals surface area contributed by atoms with Crippen LogP contribution in [0.15, 0.2) is 54.9 Å². The summed E-state index contributed by atoms with van der Waals surface area (Å²) in [5.74, 6) is 2.31. The molecule has 2 nitrogen and oxygen atoms in total. The second kappa shape index (κ2) is 6.18. The number of aryl methyl sites for hydroxylation is 2. The minimum Gasteiger partial charge on any atom is -0.229 e. The van der Waals surface area contributed by atoms with E-state index in [-0.39, 0.29) is 0 Å². The number of hydrogen-bond donors (Lipinski definition) is 0. The van der Waals surface area contributed by atoms with Crippen molar-refractivity contribution in [3.63, 3.8) is 0 Å². The summed E-state index contributed by atoms with van der Waals surface area (Å²) in [5, 5.41) is 0. The molecule has 2 heterocycles. The molecule has 0 fully saturated rings. The predicted octanol–water partition coefficient (Wildman–Crippen LogP) is 5.23. The van der Waals surface area contributed by atoms with Gasteiger partial charge in [-0.3, -0.25) is 0 Å². The maximum absolute atomic E-state index is 2.43. The van der Waals surface area contributed by atoms with Gasteiger partial charge in [-0.25, -0.2) is 4.57 Å². The molecule has 1 aliphatic rings. The molecule has 0 saturated carbocycles. The minimum absolute atomic E-state index is 0.496. The number of fused-ring (bicyclic) bond motifs is 3. The molecular formula is C23H27N2+. The normalized spacial score (nSPS) is 13.2. The summed E-state index contributed by atoms with van der Waals surface area (Å²) in [6, 6.07) is 15.6. The lowest BCUT2D eigenvalue weighted by Gasteiger charge is -2.19. The molecule has 3 aromatic rings. The quantitative estimate of drug-likeness (QED) is 0.581. The van der Waals surface area contributed by atoms with Crippen molar-refractivity contribution in [2.45, 2.75) is 52.5 Å². The third-order valence-corrected chi connectivity index (χ3v) is 5.36. The number of imidazole rings is 1. The molecule has 1 aromatic heterocycles. The summed E-state index contributed by atoms with van der Waals surface area (Å²) < 4.78 is 4.84. The molecule has 0 spiro atoms. The van der Waals surface area contributed by atoms with Gasteiger partial charge >= 0.3 is 0 Å². The highest BCUT2D eigenvalue weighted by molar-refractivity contribution is 5.64. The van der Waals surface area contributed by atoms with Crippen molar-refractivity contribution < 1.29 is 4.57 Å². The lowest BCUT2D eigenvalue weighted by Crippen LogP contribution is -2.39. The van der Waals surface area contributed by atoms with Crippen molar-refractivity contribution in [1.82, 2.24) is 4.57 Å². The highest BCUT2D eigenvalue weighted by atomic mass is 15.2. The molecular weight excluding hydrogens is 304 g/mol. The van der Waals surface area contributed by atoms with Gasteiger partial charge in [0.15, 0.2) is 0 Å². The molecule has 0 unspecified atom stereocenters. The number of nitrogens with zero attached hydrogens (tertiary/aromatic N) is 2. The van der Waals surface area contributed by atoms with Gasteiger partial charge in [0.2, 0.25) is 0 Å². The van der Waals surface area contributed by atoms with Crippen LogP contribution in [0.5, 0.6) is 0 Å². The Morgan fingerprint density at radius 2 is 1.56 bits per heavy atom. The highest BCUT2D eigenvalue weighted by Gasteiger charge is 2.30. The summed E-state index contributed by atoms with van der Waals surface area (Å²) in [6.07, 6.45) is 5.61. The fourth-order valence-electron chi connectivity index (χ4n) is 4.06. The van der Waals surface area contributed by atoms with E-state index >= 15 is 0 Å². The Balaban J connectivity index is 2.02. The van der Waals surface area contributed by atoms with Crippen molar-refractivity contribution in [2.75, 3.05) is 0 Å². The average Bonchev–Trinajstić information content (AvgIpc) is 3.05. The molecule has 4 rings (SSSR count). The van der Waals surface area contributed by atoms with Gasteiger partial charge in [-0.1, -0.05) is 64.1 Å². The van der Waals surface area contributed by atoms with Gasteiger partial charge in [-0.05, 0) is 23.5 Å². The summed E-state index contributed by atoms with van der Waals surface area (Å²) in [7, 11) is 0. The minimum atomic E-state index is 0.496. The molecule has 0 bridgehead atoms. The van der Waals surface area contributed by atoms with Crippen LogP contribution in [0.1, 0.15) is 56.2 Å². The van der Waals surface area contributed by atoms with Crippen molar-refractivity contribution in [3.05, 3.63) is 71.5 Å². The van der Waals surface area contributed by atoms with E-state index < -0.39 is 0 Å². The van der Waals surface area contributed by atoms with E-state index in [0.29, 0.717) is 11.8 Å². The van der Waals surface area contributed by atoms with E-state index in [1.54, 1.807) is 0 Å². The van der Waals surface area contributed by atoms with Crippen LogP contribution >= 0.6 is 0 Å². The Labute approximate surface area is 150 Å². The SMILES string of the molecule is CC(C)c1cccc(C(C)C)c1-n1cc[n+]2c1-c1ccccc1CC2. The zero-order chi connectivity index (χ0) is 17.6. The maximum atomic E-state index is 2.43. The monoisotopic (exact) mass is 331 g/mol. The van der Waals surface area contributed by atoms with Gasteiger partial charge < -0.3 is 0 Å². The summed E-state index contributed by atoms with van der Waals surface area (Å²) in [5.41, 5.74) is 7.04. The number of hydrogen-bond acceptors (Lipinski definition) is 0. The largest absolute Gasteiger partial charge is 0.294 e. The first-order valence-electron chi connectivity index (χ1n) is 9.40. The van der Waals surface area contributed by atoms with Crippen LogP contribution in [-0.4, -0.2) is 4.57 Å². The lowest BCUT2D eigenvalue weighted by atomic mass is 9.92. The predicted molar refractivity (Wildman–Crippen MR) is 103 cm³/mol. The van der Waals surface area contributed by atoms with Gasteiger partial charge in [0.25, 0.3) is 5.82 Å². The third kappa shape index (κ3) is 2.60. The summed E-state index contributed by atoms with van der Waals surface area (Å²) >= 11 is 0. The Hall–Kier alpha value is -2.35. The number of benzene rings is 2. The Morgan fingerprint density at radius 1 is 0.880 bits per heavy atom. The molecule has 2 aromatic carbocycles. The molecule has 0 radical (unpaired) electrons. The summed E-state index contributed by atoms with van der Waals surface area (Å²) in [4.78, 5) is 0. The van der Waals surface area contributed by atoms with Gasteiger partial charge in [0.05, 0.1) is 12.1 Å². The van der Waals surface area contributed by atoms with E-state index in [1.807, 2.05) is 0 Å². The zero-order valence-electron chi connectivity index (χ0n) is 15.7. The third-order valence-electron chi connectivity index (χ3n) is 5.36. The van der Waals surface area contributed by atoms with Crippen LogP contribution < -0.4 is 4.57 Å². The topological polar surface area (TPSA) is 8.81 Å². The van der Waals surface area contributed by atoms with E-state index in [4.69, 9.17) is 0 Å². The van der Waals surface area contributed by atoms with Gasteiger partial charge in [0, 0.05) is 17.5 Å². The highest BCUT2D eigenvalue weighted by Crippen LogP contribution is 2.35. The number of aromatic nitrogens is 2. The molecule has 25 heavy (non-hydrogen) atoms. The fourth-order valence-corrected chi connectivity index (χ4v) is 4.06. The Bertz CT molecular complexity index is 889. The number of rotatable bonds is 3. The molecule has 0 atom stereocenters. The average molecular weight is 331 g/mol. The Morgan fingerprint density at radius 3 is 2.24 bits per heavy atom. The molecule has 1 aliphatic heterocycles. The second-order valence-corrected chi connectivity index (χ2v) is 7.69. The second-order valence-electron chi connectivity index (χ2n) is 7.69. The van der Waals surface area contributed by atoms with Crippen LogP contribution in [0.4, 0.5) is 0 Å². The van der Waals surface area contributed by atoms with Crippen molar-refractivity contribution in [2.24, 2.45) is 0 Å². The van der Waals surface area contributed by atoms with E-state index in [0.717, 1.165) is 13.0 Å². The van der Waals surface area contributed by atoms with Gasteiger partial charge in [-0.15, -0.1) is 0 Å². The van der Waals surface area contributed by atoms with Gasteiger partial charge in [0.1, 0.15) is 18.1 Å². The number of para-hydroxylation sites is 1. The smallest absolute Gasteiger partial charge is 0.229 e. The maximum Gasteiger partial charge on any atom is 0.294 e. The first-order valence-corrected chi connectivity index (χ1v) is 9.40. The standard InChI is InChI=1S/C23H27N2/c1-16(2)19-10-7-11-20(17(3)4)22(19)25-15-14-24-13-12-18-8-5-6-9-21(18)23(24)25/h5-11,14-17H,12-13H2,1-4H3/q+1. The van der Waals surface area contributed by atoms with Crippen molar-refractivity contribution in [1.29, 1.82) is 0 Å². The van der Waals surface area contributed by atoms with Crippen LogP contribution in [-0.2, 0) is 13.0 Å². The van der Waals surface area contributed by atoms with Crippen LogP contribution in [0.25, 0.3) is 17.1 Å². The first-order chi connectivity index (χ1) is 12.1. The molecule has 0 N–H and O–H groups in total. The molecule has 0 amide bonds. The van der Waals surface area contributed by atoms with Crippen LogP contribution in [0.2, 0.25) is 0 Å². The molecule has 0 aliphatic carbocycles. The van der Waals surface area contributed by atoms with E-state index in [1.165, 1.54) is 33.8 Å². The summed E-state index contributed by atoms with van der Waals surface area (Å²) in [6.45, 7) is 10.2. The molecule has 128 valence electrons. The van der Waals surface area contributed by atoms with E-state index in [9.17, 15) is 0 Å². The van der Waals surface area contributed by atoms with Crippen molar-refractivity contribution in [3.8, 4) is 17.1 Å². The van der Waals surface area contributed by atoms with Crippen LogP contribution in [0, 0.1) is 0 Å². The Kier molecular flexibility index (Phi) is 3.99. The lowest BCUT2D eigenvalue weighted by molar-refractivity contribution is -0.686. The van der Waals surface area contributed by atoms with E-state index in [2.05, 4.69) is 91.7 Å². The molecule has 0 saturated heterocycles. The zero-order valence-corrected chi connectivity index (χ0v) is 15.7. The first kappa shape index (κ1) is 16.1. The fraction of sp³-hybridized carbons (Fsp3) is 0.348. The van der Waals surface area contributed by atoms with Gasteiger partial charge in [-0.2, -0.15) is 4.57 Å². The van der Waals surface area contributed by atoms with Crippen molar-refractivity contribution >= 4 is 0 Å². The van der Waals surface area contributed by atoms with Crippen LogP contribution in [0.3, 0.4) is 0 Å². The molecule has 2 heteroatoms.